The highest BCUT2D eigenvalue weighted by Gasteiger charge is 2.25. The Morgan fingerprint density at radius 1 is 1.12 bits per heavy atom. The third-order valence-electron chi connectivity index (χ3n) is 7.84. The molecule has 1 atom stereocenters. The number of piperidine rings is 1. The lowest BCUT2D eigenvalue weighted by Gasteiger charge is -2.32. The summed E-state index contributed by atoms with van der Waals surface area (Å²) >= 11 is 5.83. The molecular formula is C33H33ClFN3O5. The van der Waals surface area contributed by atoms with Gasteiger partial charge in [-0.15, -0.1) is 0 Å². The molecule has 6 rings (SSSR count). The van der Waals surface area contributed by atoms with Gasteiger partial charge in [-0.2, -0.15) is 0 Å². The van der Waals surface area contributed by atoms with Gasteiger partial charge in [0.1, 0.15) is 24.3 Å². The van der Waals surface area contributed by atoms with Gasteiger partial charge in [-0.05, 0) is 78.9 Å². The molecule has 2 saturated heterocycles. The van der Waals surface area contributed by atoms with Crippen LogP contribution < -0.4 is 9.47 Å². The lowest BCUT2D eigenvalue weighted by atomic mass is 10.1. The average molecular weight is 606 g/mol. The number of hydrogen-bond acceptors (Lipinski definition) is 6. The molecule has 0 aliphatic carbocycles. The Hall–Kier alpha value is -3.92. The number of carboxylic acids is 1. The predicted octanol–water partition coefficient (Wildman–Crippen LogP) is 6.34. The maximum atomic E-state index is 14.1. The first-order chi connectivity index (χ1) is 20.9. The normalized spacial score (nSPS) is 17.8. The van der Waals surface area contributed by atoms with Crippen molar-refractivity contribution in [2.45, 2.75) is 51.2 Å². The zero-order valence-corrected chi connectivity index (χ0v) is 24.4. The third-order valence-corrected chi connectivity index (χ3v) is 8.07. The summed E-state index contributed by atoms with van der Waals surface area (Å²) in [5, 5.41) is 9.35. The first-order valence-electron chi connectivity index (χ1n) is 14.5. The molecule has 0 saturated carbocycles. The lowest BCUT2D eigenvalue weighted by molar-refractivity contribution is -0.131. The Morgan fingerprint density at radius 3 is 2.70 bits per heavy atom. The Bertz CT molecular complexity index is 1630. The van der Waals surface area contributed by atoms with E-state index < -0.39 is 11.8 Å². The molecule has 0 unspecified atom stereocenters. The summed E-state index contributed by atoms with van der Waals surface area (Å²) in [7, 11) is 0. The number of hydrogen-bond donors (Lipinski definition) is 1. The van der Waals surface area contributed by atoms with E-state index in [0.717, 1.165) is 85.3 Å². The number of nitrogens with zero attached hydrogens (tertiary/aromatic N) is 3. The fraction of sp³-hybridized carbons (Fsp3) is 0.333. The van der Waals surface area contributed by atoms with E-state index >= 15 is 0 Å². The Labute approximate surface area is 254 Å². The summed E-state index contributed by atoms with van der Waals surface area (Å²) in [5.41, 5.74) is 3.59. The quantitative estimate of drug-likeness (QED) is 0.200. The maximum absolute atomic E-state index is 14.1. The van der Waals surface area contributed by atoms with Gasteiger partial charge in [0, 0.05) is 30.8 Å². The van der Waals surface area contributed by atoms with Crippen LogP contribution in [0.4, 0.5) is 4.39 Å². The highest BCUT2D eigenvalue weighted by Crippen LogP contribution is 2.27. The second kappa shape index (κ2) is 13.2. The van der Waals surface area contributed by atoms with E-state index in [-0.39, 0.29) is 24.6 Å². The van der Waals surface area contributed by atoms with Gasteiger partial charge >= 0.3 is 5.97 Å². The summed E-state index contributed by atoms with van der Waals surface area (Å²) in [6.45, 7) is 4.19. The van der Waals surface area contributed by atoms with Crippen LogP contribution in [0.2, 0.25) is 5.02 Å². The number of aromatic nitrogens is 2. The molecule has 4 aromatic rings. The zero-order valence-electron chi connectivity index (χ0n) is 23.6. The molecule has 43 heavy (non-hydrogen) atoms. The van der Waals surface area contributed by atoms with Crippen LogP contribution in [-0.4, -0.2) is 57.4 Å². The number of ether oxygens (including phenoxy) is 3. The van der Waals surface area contributed by atoms with Gasteiger partial charge in [-0.3, -0.25) is 4.90 Å². The third kappa shape index (κ3) is 7.36. The van der Waals surface area contributed by atoms with Crippen LogP contribution in [-0.2, 0) is 29.2 Å². The van der Waals surface area contributed by atoms with Crippen molar-refractivity contribution >= 4 is 34.7 Å². The van der Waals surface area contributed by atoms with Crippen LogP contribution in [0.3, 0.4) is 0 Å². The molecule has 8 nitrogen and oxygen atoms in total. The van der Waals surface area contributed by atoms with E-state index in [1.807, 2.05) is 42.5 Å². The number of likely N-dealkylation sites (tertiary alicyclic amines) is 1. The molecule has 0 amide bonds. The van der Waals surface area contributed by atoms with Gasteiger partial charge in [-0.1, -0.05) is 29.8 Å². The minimum atomic E-state index is -0.975. The topological polar surface area (TPSA) is 86.0 Å². The van der Waals surface area contributed by atoms with Gasteiger partial charge in [0.2, 0.25) is 0 Å². The number of carbonyl (C=O) groups is 1. The van der Waals surface area contributed by atoms with Gasteiger partial charge in [-0.25, -0.2) is 14.2 Å². The summed E-state index contributed by atoms with van der Waals surface area (Å²) in [4.78, 5) is 18.4. The molecule has 2 fully saturated rings. The van der Waals surface area contributed by atoms with Gasteiger partial charge in [0.25, 0.3) is 0 Å². The molecule has 2 aliphatic heterocycles. The molecule has 2 aliphatic rings. The molecule has 3 aromatic carbocycles. The van der Waals surface area contributed by atoms with E-state index in [1.165, 1.54) is 12.1 Å². The summed E-state index contributed by atoms with van der Waals surface area (Å²) in [6.07, 6.45) is 5.79. The highest BCUT2D eigenvalue weighted by molar-refractivity contribution is 6.30. The van der Waals surface area contributed by atoms with Gasteiger partial charge < -0.3 is 23.9 Å². The second-order valence-corrected chi connectivity index (χ2v) is 11.4. The number of imidazole rings is 1. The van der Waals surface area contributed by atoms with E-state index in [0.29, 0.717) is 11.6 Å². The number of halogens is 2. The molecule has 0 spiro atoms. The standard InChI is InChI=1S/C33H33ClFN3O5/c34-24-6-8-31(28(35)18-24)42-21-23-2-1-3-26(16-23)43-25-10-13-37(14-11-25)20-32-36-29-7-4-22(5-9-33(39)40)17-30(29)38(32)19-27-12-15-41-27/h1-9,16-18,25,27H,10-15,19-21H2,(H,39,40)/b9-5+/t27-/m0/s1. The van der Waals surface area contributed by atoms with Crippen molar-refractivity contribution in [3.8, 4) is 11.5 Å². The average Bonchev–Trinajstić information content (AvgIpc) is 3.30. The summed E-state index contributed by atoms with van der Waals surface area (Å²) < 4.78 is 34.0. The van der Waals surface area contributed by atoms with Crippen LogP contribution in [0.1, 0.15) is 36.2 Å². The van der Waals surface area contributed by atoms with Crippen molar-refractivity contribution < 1.29 is 28.5 Å². The first-order valence-corrected chi connectivity index (χ1v) is 14.8. The summed E-state index contributed by atoms with van der Waals surface area (Å²) in [5.74, 6) is 0.445. The first kappa shape index (κ1) is 29.2. The minimum absolute atomic E-state index is 0.0897. The molecule has 224 valence electrons. The van der Waals surface area contributed by atoms with Crippen molar-refractivity contribution in [1.29, 1.82) is 0 Å². The van der Waals surface area contributed by atoms with Crippen LogP contribution >= 0.6 is 11.6 Å². The SMILES string of the molecule is O=C(O)/C=C/c1ccc2nc(CN3CCC(Oc4cccc(COc5ccc(Cl)cc5F)c4)CC3)n(C[C@@H]3CCO3)c2c1. The van der Waals surface area contributed by atoms with E-state index in [9.17, 15) is 9.18 Å². The predicted molar refractivity (Wildman–Crippen MR) is 162 cm³/mol. The van der Waals surface area contributed by atoms with Crippen molar-refractivity contribution in [3.05, 3.63) is 94.5 Å². The zero-order chi connectivity index (χ0) is 29.8. The molecule has 1 N–H and O–H groups in total. The number of rotatable bonds is 11. The van der Waals surface area contributed by atoms with Crippen molar-refractivity contribution in [3.63, 3.8) is 0 Å². The largest absolute Gasteiger partial charge is 0.490 e. The smallest absolute Gasteiger partial charge is 0.328 e. The van der Waals surface area contributed by atoms with E-state index in [4.69, 9.17) is 35.9 Å². The van der Waals surface area contributed by atoms with E-state index in [1.54, 1.807) is 12.1 Å². The Morgan fingerprint density at radius 2 is 1.95 bits per heavy atom. The second-order valence-electron chi connectivity index (χ2n) is 10.9. The fourth-order valence-electron chi connectivity index (χ4n) is 5.46. The van der Waals surface area contributed by atoms with Crippen LogP contribution in [0.15, 0.2) is 66.7 Å². The number of fused-ring (bicyclic) bond motifs is 1. The van der Waals surface area contributed by atoms with Crippen LogP contribution in [0, 0.1) is 5.82 Å². The van der Waals surface area contributed by atoms with Crippen molar-refractivity contribution in [2.75, 3.05) is 19.7 Å². The number of benzene rings is 3. The molecular weight excluding hydrogens is 573 g/mol. The Kier molecular flexibility index (Phi) is 8.92. The molecule has 1 aromatic heterocycles. The van der Waals surface area contributed by atoms with Gasteiger partial charge in [0.05, 0.1) is 30.2 Å². The molecule has 0 bridgehead atoms. The molecule has 0 radical (unpaired) electrons. The van der Waals surface area contributed by atoms with E-state index in [2.05, 4.69) is 9.47 Å². The molecule has 10 heteroatoms. The van der Waals surface area contributed by atoms with Crippen LogP contribution in [0.5, 0.6) is 11.5 Å². The van der Waals surface area contributed by atoms with Gasteiger partial charge in [0.15, 0.2) is 11.6 Å². The number of carboxylic acid groups (broad SMARTS) is 1. The summed E-state index contributed by atoms with van der Waals surface area (Å²) in [6, 6.07) is 17.9. The van der Waals surface area contributed by atoms with Crippen molar-refractivity contribution in [2.24, 2.45) is 0 Å². The monoisotopic (exact) mass is 605 g/mol. The number of aliphatic carboxylic acids is 1. The minimum Gasteiger partial charge on any atom is -0.490 e. The molecule has 3 heterocycles. The highest BCUT2D eigenvalue weighted by atomic mass is 35.5. The Balaban J connectivity index is 1.07. The van der Waals surface area contributed by atoms with Crippen LogP contribution in [0.25, 0.3) is 17.1 Å². The fourth-order valence-corrected chi connectivity index (χ4v) is 5.62. The van der Waals surface area contributed by atoms with Crippen molar-refractivity contribution in [1.82, 2.24) is 14.5 Å². The lowest BCUT2D eigenvalue weighted by Crippen LogP contribution is -2.39. The maximum Gasteiger partial charge on any atom is 0.328 e.